The van der Waals surface area contributed by atoms with Crippen LogP contribution in [0.5, 0.6) is 0 Å². The van der Waals surface area contributed by atoms with Crippen LogP contribution in [0.3, 0.4) is 0 Å². The Bertz CT molecular complexity index is 2070. The van der Waals surface area contributed by atoms with Crippen molar-refractivity contribution >= 4 is 28.8 Å². The second-order valence-corrected chi connectivity index (χ2v) is 18.3. The van der Waals surface area contributed by atoms with Crippen LogP contribution in [0.1, 0.15) is 84.3 Å². The van der Waals surface area contributed by atoms with Gasteiger partial charge < -0.3 is 39.6 Å². The number of likely N-dealkylation sites (tertiary alicyclic amines) is 3. The largest absolute Gasteiger partial charge is 0.444 e. The van der Waals surface area contributed by atoms with E-state index in [1.54, 1.807) is 4.90 Å². The fraction of sp³-hybridized carbons (Fsp3) is 0.565. The molecule has 0 spiro atoms. The molecule has 0 bridgehead atoms. The molecule has 0 radical (unpaired) electrons. The van der Waals surface area contributed by atoms with E-state index in [1.165, 1.54) is 24.9 Å². The van der Waals surface area contributed by atoms with Crippen molar-refractivity contribution in [3.8, 4) is 22.5 Å². The van der Waals surface area contributed by atoms with Gasteiger partial charge in [-0.3, -0.25) is 0 Å². The maximum atomic E-state index is 15.2. The Balaban J connectivity index is 0.903. The molecule has 318 valence electrons. The lowest BCUT2D eigenvalue weighted by Gasteiger charge is -2.35. The van der Waals surface area contributed by atoms with Crippen molar-refractivity contribution in [1.29, 1.82) is 0 Å². The number of nitrogens with one attached hydrogen (secondary N) is 2. The number of aromatic amines is 1. The van der Waals surface area contributed by atoms with Crippen molar-refractivity contribution in [2.75, 3.05) is 51.1 Å². The van der Waals surface area contributed by atoms with Crippen molar-refractivity contribution in [3.05, 3.63) is 65.7 Å². The minimum absolute atomic E-state index is 0.0209. The van der Waals surface area contributed by atoms with Crippen LogP contribution in [0.2, 0.25) is 0 Å². The Morgan fingerprint density at radius 2 is 1.71 bits per heavy atom. The maximum absolute atomic E-state index is 15.2. The molecular weight excluding hydrogens is 750 g/mol. The predicted molar refractivity (Wildman–Crippen MR) is 228 cm³/mol. The summed E-state index contributed by atoms with van der Waals surface area (Å²) in [5.74, 6) is 0.594. The van der Waals surface area contributed by atoms with Crippen LogP contribution in [0.15, 0.2) is 48.8 Å². The van der Waals surface area contributed by atoms with Gasteiger partial charge in [-0.15, -0.1) is 0 Å². The Labute approximate surface area is 347 Å². The number of aliphatic hydroxyl groups excluding tert-OH is 1. The maximum Gasteiger partial charge on any atom is 0.410 e. The van der Waals surface area contributed by atoms with Crippen molar-refractivity contribution in [3.63, 3.8) is 0 Å². The Hall–Kier alpha value is -4.59. The van der Waals surface area contributed by atoms with E-state index in [-0.39, 0.29) is 30.7 Å². The molecule has 2 atom stereocenters. The molecule has 3 aliphatic rings. The van der Waals surface area contributed by atoms with Gasteiger partial charge in [-0.25, -0.2) is 23.9 Å². The number of urea groups is 1. The summed E-state index contributed by atoms with van der Waals surface area (Å²) in [7, 11) is 0. The van der Waals surface area contributed by atoms with E-state index >= 15 is 4.39 Å². The number of aromatic nitrogens is 3. The average Bonchev–Trinajstić information content (AvgIpc) is 3.81. The van der Waals surface area contributed by atoms with Crippen LogP contribution >= 0.6 is 0 Å². The number of halogens is 1. The summed E-state index contributed by atoms with van der Waals surface area (Å²) in [6, 6.07) is 12.7. The zero-order valence-electron chi connectivity index (χ0n) is 35.6. The molecule has 59 heavy (non-hydrogen) atoms. The fourth-order valence-corrected chi connectivity index (χ4v) is 8.81. The first-order valence-electron chi connectivity index (χ1n) is 21.5. The second kappa shape index (κ2) is 18.4. The van der Waals surface area contributed by atoms with E-state index in [4.69, 9.17) is 9.47 Å². The third-order valence-electron chi connectivity index (χ3n) is 12.2. The van der Waals surface area contributed by atoms with E-state index < -0.39 is 17.5 Å². The molecular formula is C46H62FN7O5. The molecule has 0 unspecified atom stereocenters. The zero-order chi connectivity index (χ0) is 41.8. The standard InChI is InChI=1S/C46H62FN7O5/c1-29(2)21-34-25-54(26-41(34)55)44(56)51-39-23-35(47)22-37(30(39)3)42-38-24-40(50-43(38)49-28-48-42)33-9-7-32(8-10-33)27-58-36-14-17-52(18-15-36)16-11-31-12-19-53(20-13-31)45(57)59-46(4,5)6/h7-10,22-24,28-29,31,34,36,41,55H,11-21,25-27H2,1-6H3,(H,51,56)(H,48,49,50)/t34-,41-/m0/s1. The van der Waals surface area contributed by atoms with Gasteiger partial charge in [-0.1, -0.05) is 38.1 Å². The van der Waals surface area contributed by atoms with E-state index in [2.05, 4.69) is 63.3 Å². The number of benzene rings is 2. The first kappa shape index (κ1) is 42.5. The number of rotatable bonds is 11. The van der Waals surface area contributed by atoms with Crippen molar-refractivity contribution in [2.24, 2.45) is 17.8 Å². The van der Waals surface area contributed by atoms with Gasteiger partial charge in [0.15, 0.2) is 0 Å². The number of hydrogen-bond donors (Lipinski definition) is 3. The molecule has 0 saturated carbocycles. The number of H-pyrrole nitrogens is 1. The van der Waals surface area contributed by atoms with Gasteiger partial charge >= 0.3 is 12.1 Å². The summed E-state index contributed by atoms with van der Waals surface area (Å²) < 4.78 is 27.1. The molecule has 3 saturated heterocycles. The molecule has 3 amide bonds. The lowest BCUT2D eigenvalue weighted by Crippen LogP contribution is -2.42. The summed E-state index contributed by atoms with van der Waals surface area (Å²) >= 11 is 0. The molecule has 5 heterocycles. The SMILES string of the molecule is Cc1c(NC(=O)N2C[C@H](CC(C)C)[C@@H](O)C2)cc(F)cc1-c1ncnc2[nH]c(-c3ccc(COC4CCN(CCC5CCN(C(=O)OC(C)(C)C)CC5)CC4)cc3)cc12. The van der Waals surface area contributed by atoms with Crippen LogP contribution in [0, 0.1) is 30.5 Å². The van der Waals surface area contributed by atoms with Crippen LogP contribution in [0.4, 0.5) is 19.7 Å². The number of nitrogens with zero attached hydrogens (tertiary/aromatic N) is 5. The van der Waals surface area contributed by atoms with Gasteiger partial charge in [0.2, 0.25) is 0 Å². The molecule has 0 aliphatic carbocycles. The minimum Gasteiger partial charge on any atom is -0.444 e. The highest BCUT2D eigenvalue weighted by Crippen LogP contribution is 2.35. The number of hydrogen-bond acceptors (Lipinski definition) is 8. The van der Waals surface area contributed by atoms with Gasteiger partial charge in [0.05, 0.1) is 24.5 Å². The lowest BCUT2D eigenvalue weighted by atomic mass is 9.93. The molecule has 3 N–H and O–H groups in total. The van der Waals surface area contributed by atoms with Gasteiger partial charge in [-0.2, -0.15) is 0 Å². The Morgan fingerprint density at radius 1 is 0.983 bits per heavy atom. The van der Waals surface area contributed by atoms with E-state index in [0.29, 0.717) is 53.1 Å². The fourth-order valence-electron chi connectivity index (χ4n) is 8.81. The quantitative estimate of drug-likeness (QED) is 0.137. The van der Waals surface area contributed by atoms with Crippen molar-refractivity contribution in [2.45, 2.75) is 104 Å². The van der Waals surface area contributed by atoms with E-state index in [0.717, 1.165) is 87.0 Å². The summed E-state index contributed by atoms with van der Waals surface area (Å²) in [4.78, 5) is 44.2. The lowest BCUT2D eigenvalue weighted by molar-refractivity contribution is -0.00411. The zero-order valence-corrected chi connectivity index (χ0v) is 35.6. The first-order valence-corrected chi connectivity index (χ1v) is 21.5. The number of fused-ring (bicyclic) bond motifs is 1. The Morgan fingerprint density at radius 3 is 2.41 bits per heavy atom. The molecule has 2 aromatic carbocycles. The van der Waals surface area contributed by atoms with Crippen molar-refractivity contribution in [1.82, 2.24) is 29.7 Å². The van der Waals surface area contributed by atoms with Gasteiger partial charge in [0, 0.05) is 67.5 Å². The van der Waals surface area contributed by atoms with Crippen LogP contribution in [-0.4, -0.2) is 111 Å². The molecule has 12 nitrogen and oxygen atoms in total. The normalized spacial score (nSPS) is 19.9. The number of amides is 3. The highest BCUT2D eigenvalue weighted by atomic mass is 19.1. The van der Waals surface area contributed by atoms with E-state index in [1.807, 2.05) is 38.7 Å². The van der Waals surface area contributed by atoms with Gasteiger partial charge in [0.25, 0.3) is 0 Å². The van der Waals surface area contributed by atoms with Gasteiger partial charge in [0.1, 0.15) is 23.4 Å². The van der Waals surface area contributed by atoms with Crippen LogP contribution in [0.25, 0.3) is 33.5 Å². The second-order valence-electron chi connectivity index (χ2n) is 18.3. The van der Waals surface area contributed by atoms with Crippen LogP contribution in [-0.2, 0) is 16.1 Å². The molecule has 2 aromatic heterocycles. The Kier molecular flexibility index (Phi) is 13.2. The minimum atomic E-state index is -0.574. The summed E-state index contributed by atoms with van der Waals surface area (Å²) in [6.07, 6.45) is 7.06. The molecule has 7 rings (SSSR count). The highest BCUT2D eigenvalue weighted by molar-refractivity contribution is 5.97. The molecule has 3 aliphatic heterocycles. The summed E-state index contributed by atoms with van der Waals surface area (Å²) in [5.41, 5.74) is 5.30. The number of anilines is 1. The predicted octanol–water partition coefficient (Wildman–Crippen LogP) is 8.63. The number of ether oxygens (including phenoxy) is 2. The summed E-state index contributed by atoms with van der Waals surface area (Å²) in [6.45, 7) is 17.8. The monoisotopic (exact) mass is 811 g/mol. The van der Waals surface area contributed by atoms with Crippen molar-refractivity contribution < 1.29 is 28.6 Å². The average molecular weight is 812 g/mol. The third-order valence-corrected chi connectivity index (χ3v) is 12.2. The summed E-state index contributed by atoms with van der Waals surface area (Å²) in [5, 5.41) is 14.2. The number of β-amino-alcohol motifs (C(OH)–C–C–N with tert-alkyl or cyclic N) is 1. The number of piperidine rings is 2. The van der Waals surface area contributed by atoms with Crippen LogP contribution < -0.4 is 5.32 Å². The van der Waals surface area contributed by atoms with E-state index in [9.17, 15) is 14.7 Å². The topological polar surface area (TPSA) is 136 Å². The highest BCUT2D eigenvalue weighted by Gasteiger charge is 2.35. The molecule has 13 heteroatoms. The first-order chi connectivity index (χ1) is 28.2. The third kappa shape index (κ3) is 10.8. The van der Waals surface area contributed by atoms with Gasteiger partial charge in [-0.05, 0) is 119 Å². The molecule has 4 aromatic rings. The smallest absolute Gasteiger partial charge is 0.410 e. The molecule has 3 fully saturated rings. The number of aliphatic hydroxyl groups is 1. The number of carbonyl (C=O) groups excluding carboxylic acids is 2. The number of carbonyl (C=O) groups is 2.